The molecule has 2 N–H and O–H groups in total. The van der Waals surface area contributed by atoms with Crippen LogP contribution in [0.3, 0.4) is 0 Å². The molecule has 0 aliphatic carbocycles. The molecule has 0 heterocycles. The van der Waals surface area contributed by atoms with Gasteiger partial charge in [-0.25, -0.2) is 0 Å². The van der Waals surface area contributed by atoms with Crippen LogP contribution in [0.25, 0.3) is 0 Å². The van der Waals surface area contributed by atoms with Crippen LogP contribution in [0.2, 0.25) is 0 Å². The molecule has 0 aromatic heterocycles. The van der Waals surface area contributed by atoms with E-state index < -0.39 is 0 Å². The van der Waals surface area contributed by atoms with Crippen molar-refractivity contribution in [1.82, 2.24) is 5.32 Å². The van der Waals surface area contributed by atoms with Crippen molar-refractivity contribution in [2.24, 2.45) is 4.99 Å². The second-order valence-electron chi connectivity index (χ2n) is 4.86. The topological polar surface area (TPSA) is 64.1 Å². The first-order chi connectivity index (χ1) is 11.8. The molecule has 0 spiro atoms. The summed E-state index contributed by atoms with van der Waals surface area (Å²) < 4.78 is 16.2. The molecule has 0 atom stereocenters. The minimum Gasteiger partial charge on any atom is -0.493 e. The molecule has 2 aromatic rings. The molecule has 0 bridgehead atoms. The Balaban J connectivity index is 1.84. The molecule has 0 aliphatic rings. The monoisotopic (exact) mass is 329 g/mol. The van der Waals surface area contributed by atoms with Gasteiger partial charge in [0.05, 0.1) is 20.8 Å². The molecule has 2 aromatic carbocycles. The van der Waals surface area contributed by atoms with Gasteiger partial charge in [-0.3, -0.25) is 4.99 Å². The maximum Gasteiger partial charge on any atom is 0.195 e. The number of guanidine groups is 1. The zero-order valence-corrected chi connectivity index (χ0v) is 14.2. The molecule has 6 heteroatoms. The third-order valence-electron chi connectivity index (χ3n) is 3.28. The van der Waals surface area contributed by atoms with Crippen LogP contribution in [0.15, 0.2) is 53.5 Å². The van der Waals surface area contributed by atoms with Gasteiger partial charge in [-0.2, -0.15) is 0 Å². The van der Waals surface area contributed by atoms with E-state index in [1.54, 1.807) is 21.3 Å². The molecule has 128 valence electrons. The molecule has 0 saturated carbocycles. The number of nitrogens with one attached hydrogen (secondary N) is 2. The van der Waals surface area contributed by atoms with Crippen molar-refractivity contribution in [1.29, 1.82) is 0 Å². The quantitative estimate of drug-likeness (QED) is 0.465. The van der Waals surface area contributed by atoms with Crippen LogP contribution in [-0.4, -0.2) is 40.4 Å². The summed E-state index contributed by atoms with van der Waals surface area (Å²) in [5.74, 6) is 2.84. The van der Waals surface area contributed by atoms with Crippen LogP contribution in [-0.2, 0) is 0 Å². The van der Waals surface area contributed by atoms with Gasteiger partial charge >= 0.3 is 0 Å². The van der Waals surface area contributed by atoms with Crippen LogP contribution in [0.1, 0.15) is 0 Å². The minimum absolute atomic E-state index is 0.538. The second-order valence-corrected chi connectivity index (χ2v) is 4.86. The molecule has 0 fully saturated rings. The average Bonchev–Trinajstić information content (AvgIpc) is 2.64. The van der Waals surface area contributed by atoms with Crippen molar-refractivity contribution in [3.05, 3.63) is 48.5 Å². The summed E-state index contributed by atoms with van der Waals surface area (Å²) in [5, 5.41) is 6.40. The number of methoxy groups -OCH3 is 2. The number of anilines is 1. The zero-order valence-electron chi connectivity index (χ0n) is 14.2. The van der Waals surface area contributed by atoms with Crippen LogP contribution in [0.4, 0.5) is 5.69 Å². The fraction of sp³-hybridized carbons (Fsp3) is 0.278. The maximum absolute atomic E-state index is 5.64. The number of aliphatic imine (C=N–C) groups is 1. The van der Waals surface area contributed by atoms with Crippen molar-refractivity contribution in [3.63, 3.8) is 0 Å². The van der Waals surface area contributed by atoms with Crippen molar-refractivity contribution in [2.45, 2.75) is 0 Å². The number of nitrogens with zero attached hydrogens (tertiary/aromatic N) is 1. The van der Waals surface area contributed by atoms with Crippen LogP contribution in [0, 0.1) is 0 Å². The largest absolute Gasteiger partial charge is 0.493 e. The Morgan fingerprint density at radius 1 is 1.00 bits per heavy atom. The summed E-state index contributed by atoms with van der Waals surface area (Å²) >= 11 is 0. The van der Waals surface area contributed by atoms with Crippen LogP contribution >= 0.6 is 0 Å². The predicted octanol–water partition coefficient (Wildman–Crippen LogP) is 2.77. The first kappa shape index (κ1) is 17.5. The SMILES string of the molecule is CN=C(NCCOc1ccccc1)Nc1ccc(OC)c(OC)c1. The first-order valence-electron chi connectivity index (χ1n) is 7.64. The third kappa shape index (κ3) is 5.08. The van der Waals surface area contributed by atoms with Crippen molar-refractivity contribution >= 4 is 11.6 Å². The van der Waals surface area contributed by atoms with Gasteiger partial charge in [0, 0.05) is 18.8 Å². The minimum atomic E-state index is 0.538. The summed E-state index contributed by atoms with van der Waals surface area (Å²) in [6, 6.07) is 15.3. The van der Waals surface area contributed by atoms with Crippen molar-refractivity contribution < 1.29 is 14.2 Å². The molecule has 0 aliphatic heterocycles. The lowest BCUT2D eigenvalue weighted by molar-refractivity contribution is 0.322. The van der Waals surface area contributed by atoms with E-state index in [0.29, 0.717) is 30.6 Å². The normalized spacial score (nSPS) is 10.9. The number of para-hydroxylation sites is 1. The fourth-order valence-electron chi connectivity index (χ4n) is 2.08. The number of rotatable bonds is 7. The van der Waals surface area contributed by atoms with E-state index in [1.807, 2.05) is 48.5 Å². The number of hydrogen-bond acceptors (Lipinski definition) is 4. The van der Waals surface area contributed by atoms with E-state index in [-0.39, 0.29) is 0 Å². The van der Waals surface area contributed by atoms with E-state index in [1.165, 1.54) is 0 Å². The first-order valence-corrected chi connectivity index (χ1v) is 7.64. The molecular formula is C18H23N3O3. The van der Waals surface area contributed by atoms with Crippen molar-refractivity contribution in [2.75, 3.05) is 39.7 Å². The van der Waals surface area contributed by atoms with Crippen LogP contribution in [0.5, 0.6) is 17.2 Å². The molecule has 0 unspecified atom stereocenters. The Morgan fingerprint density at radius 3 is 2.42 bits per heavy atom. The Hall–Kier alpha value is -2.89. The highest BCUT2D eigenvalue weighted by molar-refractivity contribution is 5.93. The van der Waals surface area contributed by atoms with Gasteiger partial charge in [0.25, 0.3) is 0 Å². The van der Waals surface area contributed by atoms with Gasteiger partial charge in [-0.05, 0) is 24.3 Å². The van der Waals surface area contributed by atoms with Gasteiger partial charge in [-0.15, -0.1) is 0 Å². The fourth-order valence-corrected chi connectivity index (χ4v) is 2.08. The van der Waals surface area contributed by atoms with Gasteiger partial charge in [0.1, 0.15) is 12.4 Å². The summed E-state index contributed by atoms with van der Waals surface area (Å²) in [4.78, 5) is 4.19. The van der Waals surface area contributed by atoms with Gasteiger partial charge in [0.2, 0.25) is 0 Å². The lowest BCUT2D eigenvalue weighted by atomic mass is 10.3. The van der Waals surface area contributed by atoms with Crippen LogP contribution < -0.4 is 24.8 Å². The summed E-state index contributed by atoms with van der Waals surface area (Å²) in [6.07, 6.45) is 0. The maximum atomic E-state index is 5.64. The lowest BCUT2D eigenvalue weighted by Crippen LogP contribution is -2.33. The molecule has 6 nitrogen and oxygen atoms in total. The van der Waals surface area contributed by atoms with Crippen molar-refractivity contribution in [3.8, 4) is 17.2 Å². The summed E-state index contributed by atoms with van der Waals surface area (Å²) in [7, 11) is 4.93. The lowest BCUT2D eigenvalue weighted by Gasteiger charge is -2.14. The zero-order chi connectivity index (χ0) is 17.2. The summed E-state index contributed by atoms with van der Waals surface area (Å²) in [6.45, 7) is 1.17. The predicted molar refractivity (Wildman–Crippen MR) is 96.5 cm³/mol. The van der Waals surface area contributed by atoms with E-state index in [4.69, 9.17) is 14.2 Å². The highest BCUT2D eigenvalue weighted by Crippen LogP contribution is 2.29. The highest BCUT2D eigenvalue weighted by atomic mass is 16.5. The molecule has 2 rings (SSSR count). The highest BCUT2D eigenvalue weighted by Gasteiger charge is 2.06. The summed E-state index contributed by atoms with van der Waals surface area (Å²) in [5.41, 5.74) is 0.852. The number of hydrogen-bond donors (Lipinski definition) is 2. The Morgan fingerprint density at radius 2 is 1.75 bits per heavy atom. The molecule has 0 amide bonds. The molecular weight excluding hydrogens is 306 g/mol. The van der Waals surface area contributed by atoms with E-state index >= 15 is 0 Å². The van der Waals surface area contributed by atoms with Gasteiger partial charge in [0.15, 0.2) is 17.5 Å². The van der Waals surface area contributed by atoms with E-state index in [0.717, 1.165) is 11.4 Å². The Bertz CT molecular complexity index is 660. The molecule has 24 heavy (non-hydrogen) atoms. The van der Waals surface area contributed by atoms with Gasteiger partial charge < -0.3 is 24.8 Å². The van der Waals surface area contributed by atoms with E-state index in [2.05, 4.69) is 15.6 Å². The second kappa shape index (κ2) is 9.29. The smallest absolute Gasteiger partial charge is 0.195 e. The molecule has 0 radical (unpaired) electrons. The standard InChI is InChI=1S/C18H23N3O3/c1-19-18(20-11-12-24-15-7-5-4-6-8-15)21-14-9-10-16(22-2)17(13-14)23-3/h4-10,13H,11-12H2,1-3H3,(H2,19,20,21). The third-order valence-corrected chi connectivity index (χ3v) is 3.28. The van der Waals surface area contributed by atoms with E-state index in [9.17, 15) is 0 Å². The number of benzene rings is 2. The average molecular weight is 329 g/mol. The Labute approximate surface area is 142 Å². The number of ether oxygens (including phenoxy) is 3. The molecule has 0 saturated heterocycles. The Kier molecular flexibility index (Phi) is 6.76. The van der Waals surface area contributed by atoms with Gasteiger partial charge in [-0.1, -0.05) is 18.2 Å².